The van der Waals surface area contributed by atoms with Crippen LogP contribution in [0.25, 0.3) is 0 Å². The number of hydrogen-bond acceptors (Lipinski definition) is 3. The topological polar surface area (TPSA) is 59.0 Å². The SMILES string of the molecule is CC(C)C(C)OCC(C)(N)C#N. The first-order chi connectivity index (χ1) is 5.39. The predicted octanol–water partition coefficient (Wildman–Crippen LogP) is 1.29. The van der Waals surface area contributed by atoms with Crippen LogP contribution in [0.3, 0.4) is 0 Å². The summed E-state index contributed by atoms with van der Waals surface area (Å²) in [6, 6.07) is 1.99. The lowest BCUT2D eigenvalue weighted by Crippen LogP contribution is -2.41. The molecule has 0 aliphatic carbocycles. The van der Waals surface area contributed by atoms with Gasteiger partial charge >= 0.3 is 0 Å². The smallest absolute Gasteiger partial charge is 0.125 e. The molecule has 0 bridgehead atoms. The fourth-order valence-electron chi connectivity index (χ4n) is 0.529. The van der Waals surface area contributed by atoms with E-state index in [9.17, 15) is 0 Å². The van der Waals surface area contributed by atoms with Gasteiger partial charge in [-0.1, -0.05) is 13.8 Å². The van der Waals surface area contributed by atoms with Crippen molar-refractivity contribution in [2.45, 2.75) is 39.3 Å². The minimum absolute atomic E-state index is 0.154. The van der Waals surface area contributed by atoms with Crippen molar-refractivity contribution in [3.8, 4) is 6.07 Å². The van der Waals surface area contributed by atoms with E-state index in [2.05, 4.69) is 13.8 Å². The molecule has 0 rings (SSSR count). The van der Waals surface area contributed by atoms with Gasteiger partial charge in [0.2, 0.25) is 0 Å². The number of nitriles is 1. The first-order valence-corrected chi connectivity index (χ1v) is 4.21. The third kappa shape index (κ3) is 4.32. The molecule has 70 valence electrons. The van der Waals surface area contributed by atoms with E-state index in [0.29, 0.717) is 12.5 Å². The minimum Gasteiger partial charge on any atom is -0.375 e. The molecule has 0 aromatic rings. The highest BCUT2D eigenvalue weighted by Gasteiger charge is 2.19. The van der Waals surface area contributed by atoms with Crippen molar-refractivity contribution in [2.75, 3.05) is 6.61 Å². The molecular formula is C9H18N2O. The average Bonchev–Trinajstić information content (AvgIpc) is 2.00. The van der Waals surface area contributed by atoms with Crippen molar-refractivity contribution in [2.24, 2.45) is 11.7 Å². The van der Waals surface area contributed by atoms with E-state index < -0.39 is 5.54 Å². The predicted molar refractivity (Wildman–Crippen MR) is 48.5 cm³/mol. The summed E-state index contributed by atoms with van der Waals surface area (Å²) in [4.78, 5) is 0. The Morgan fingerprint density at radius 2 is 2.00 bits per heavy atom. The Labute approximate surface area is 74.5 Å². The van der Waals surface area contributed by atoms with Crippen LogP contribution in [0.2, 0.25) is 0 Å². The molecule has 0 saturated heterocycles. The summed E-state index contributed by atoms with van der Waals surface area (Å²) in [5, 5.41) is 8.59. The summed E-state index contributed by atoms with van der Waals surface area (Å²) >= 11 is 0. The lowest BCUT2D eigenvalue weighted by atomic mass is 10.1. The average molecular weight is 170 g/mol. The fourth-order valence-corrected chi connectivity index (χ4v) is 0.529. The van der Waals surface area contributed by atoms with Crippen LogP contribution >= 0.6 is 0 Å². The number of ether oxygens (including phenoxy) is 1. The van der Waals surface area contributed by atoms with Crippen LogP contribution in [0, 0.1) is 17.2 Å². The molecule has 0 aromatic carbocycles. The van der Waals surface area contributed by atoms with Gasteiger partial charge in [-0.05, 0) is 19.8 Å². The van der Waals surface area contributed by atoms with Gasteiger partial charge in [-0.2, -0.15) is 5.26 Å². The fraction of sp³-hybridized carbons (Fsp3) is 0.889. The quantitative estimate of drug-likeness (QED) is 0.691. The summed E-state index contributed by atoms with van der Waals surface area (Å²) in [6.07, 6.45) is 0.154. The molecule has 12 heavy (non-hydrogen) atoms. The Kier molecular flexibility index (Phi) is 4.22. The standard InChI is InChI=1S/C9H18N2O/c1-7(2)8(3)12-6-9(4,11)5-10/h7-8H,6,11H2,1-4H3. The molecule has 2 atom stereocenters. The summed E-state index contributed by atoms with van der Waals surface area (Å²) in [7, 11) is 0. The maximum Gasteiger partial charge on any atom is 0.125 e. The Balaban J connectivity index is 3.77. The molecule has 0 amide bonds. The van der Waals surface area contributed by atoms with Gasteiger partial charge in [-0.15, -0.1) is 0 Å². The molecule has 0 saturated carbocycles. The molecule has 3 heteroatoms. The first-order valence-electron chi connectivity index (χ1n) is 4.21. The number of nitrogens with zero attached hydrogens (tertiary/aromatic N) is 1. The Bertz CT molecular complexity index is 170. The minimum atomic E-state index is -0.858. The highest BCUT2D eigenvalue weighted by molar-refractivity contribution is 5.00. The summed E-state index contributed by atoms with van der Waals surface area (Å²) in [6.45, 7) is 8.09. The van der Waals surface area contributed by atoms with Crippen LogP contribution in [0.15, 0.2) is 0 Å². The zero-order valence-corrected chi connectivity index (χ0v) is 8.29. The number of nitrogens with two attached hydrogens (primary N) is 1. The molecule has 0 aromatic heterocycles. The second kappa shape index (κ2) is 4.44. The van der Waals surface area contributed by atoms with Crippen LogP contribution in [0.4, 0.5) is 0 Å². The van der Waals surface area contributed by atoms with Gasteiger partial charge in [0.25, 0.3) is 0 Å². The van der Waals surface area contributed by atoms with Crippen molar-refractivity contribution in [3.05, 3.63) is 0 Å². The Morgan fingerprint density at radius 3 is 2.33 bits per heavy atom. The maximum atomic E-state index is 8.59. The van der Waals surface area contributed by atoms with Crippen molar-refractivity contribution >= 4 is 0 Å². The van der Waals surface area contributed by atoms with E-state index >= 15 is 0 Å². The van der Waals surface area contributed by atoms with E-state index in [1.165, 1.54) is 0 Å². The van der Waals surface area contributed by atoms with Crippen LogP contribution < -0.4 is 5.73 Å². The van der Waals surface area contributed by atoms with Crippen molar-refractivity contribution in [1.29, 1.82) is 5.26 Å². The van der Waals surface area contributed by atoms with Crippen LogP contribution in [0.5, 0.6) is 0 Å². The molecule has 0 heterocycles. The monoisotopic (exact) mass is 170 g/mol. The number of hydrogen-bond donors (Lipinski definition) is 1. The summed E-state index contributed by atoms with van der Waals surface area (Å²) < 4.78 is 5.41. The van der Waals surface area contributed by atoms with E-state index in [-0.39, 0.29) is 6.10 Å². The van der Waals surface area contributed by atoms with Gasteiger partial charge in [0.05, 0.1) is 18.8 Å². The molecule has 0 aliphatic rings. The second-order valence-corrected chi connectivity index (χ2v) is 3.79. The molecule has 0 radical (unpaired) electrons. The molecule has 3 nitrogen and oxygen atoms in total. The summed E-state index contributed by atoms with van der Waals surface area (Å²) in [5.41, 5.74) is 4.72. The van der Waals surface area contributed by atoms with Crippen LogP contribution in [0.1, 0.15) is 27.7 Å². The highest BCUT2D eigenvalue weighted by atomic mass is 16.5. The van der Waals surface area contributed by atoms with Crippen molar-refractivity contribution in [1.82, 2.24) is 0 Å². The van der Waals surface area contributed by atoms with Gasteiger partial charge in [-0.3, -0.25) is 0 Å². The van der Waals surface area contributed by atoms with E-state index in [1.807, 2.05) is 13.0 Å². The van der Waals surface area contributed by atoms with Gasteiger partial charge < -0.3 is 10.5 Å². The van der Waals surface area contributed by atoms with Gasteiger partial charge in [0, 0.05) is 0 Å². The first kappa shape index (κ1) is 11.4. The molecule has 0 fully saturated rings. The zero-order chi connectivity index (χ0) is 9.78. The number of rotatable bonds is 4. The van der Waals surface area contributed by atoms with Crippen LogP contribution in [-0.4, -0.2) is 18.2 Å². The van der Waals surface area contributed by atoms with Gasteiger partial charge in [-0.25, -0.2) is 0 Å². The van der Waals surface area contributed by atoms with Crippen LogP contribution in [-0.2, 0) is 4.74 Å². The lowest BCUT2D eigenvalue weighted by molar-refractivity contribution is 0.0191. The van der Waals surface area contributed by atoms with Crippen molar-refractivity contribution < 1.29 is 4.74 Å². The molecule has 2 N–H and O–H groups in total. The Hall–Kier alpha value is -0.590. The van der Waals surface area contributed by atoms with Crippen molar-refractivity contribution in [3.63, 3.8) is 0 Å². The zero-order valence-electron chi connectivity index (χ0n) is 8.29. The van der Waals surface area contributed by atoms with Gasteiger partial charge in [0.1, 0.15) is 5.54 Å². The van der Waals surface area contributed by atoms with E-state index in [0.717, 1.165) is 0 Å². The second-order valence-electron chi connectivity index (χ2n) is 3.79. The third-order valence-corrected chi connectivity index (χ3v) is 1.84. The summed E-state index contributed by atoms with van der Waals surface area (Å²) in [5.74, 6) is 0.458. The van der Waals surface area contributed by atoms with E-state index in [1.54, 1.807) is 6.92 Å². The largest absolute Gasteiger partial charge is 0.375 e. The molecule has 0 aliphatic heterocycles. The van der Waals surface area contributed by atoms with E-state index in [4.69, 9.17) is 15.7 Å². The normalized spacial score (nSPS) is 18.4. The molecular weight excluding hydrogens is 152 g/mol. The van der Waals surface area contributed by atoms with Gasteiger partial charge in [0.15, 0.2) is 0 Å². The molecule has 2 unspecified atom stereocenters. The molecule has 0 spiro atoms. The maximum absolute atomic E-state index is 8.59. The highest BCUT2D eigenvalue weighted by Crippen LogP contribution is 2.08. The third-order valence-electron chi connectivity index (χ3n) is 1.84. The lowest BCUT2D eigenvalue weighted by Gasteiger charge is -2.21. The Morgan fingerprint density at radius 1 is 1.50 bits per heavy atom.